The lowest BCUT2D eigenvalue weighted by molar-refractivity contribution is -0.147. The van der Waals surface area contributed by atoms with Crippen LogP contribution in [0.4, 0.5) is 5.69 Å². The number of para-hydroxylation sites is 1. The smallest absolute Gasteiger partial charge is 0.308 e. The van der Waals surface area contributed by atoms with Gasteiger partial charge in [0.05, 0.1) is 28.8 Å². The van der Waals surface area contributed by atoms with Crippen molar-refractivity contribution in [3.63, 3.8) is 0 Å². The van der Waals surface area contributed by atoms with Crippen molar-refractivity contribution in [1.29, 1.82) is 0 Å². The first-order valence-electron chi connectivity index (χ1n) is 11.1. The Kier molecular flexibility index (Phi) is 8.49. The summed E-state index contributed by atoms with van der Waals surface area (Å²) in [5.74, 6) is 0.517. The molecule has 0 spiro atoms. The number of carbonyl (C=O) groups is 1. The Hall–Kier alpha value is -1.49. The molecule has 170 valence electrons. The minimum absolute atomic E-state index is 0.0588. The minimum Gasteiger partial charge on any atom is -0.469 e. The zero-order chi connectivity index (χ0) is 22.5. The van der Waals surface area contributed by atoms with Crippen molar-refractivity contribution in [3.8, 4) is 0 Å². The number of methoxy groups -OCH3 is 1. The SMILES string of the molecule is COC(=O)C1CCN(CC/C(C)=C\C(=C(C)C)C2CN(c3c(Cl)cccc3Cl)C2)CC1. The van der Waals surface area contributed by atoms with E-state index >= 15 is 0 Å². The monoisotopic (exact) mass is 464 g/mol. The number of hydrogen-bond acceptors (Lipinski definition) is 4. The summed E-state index contributed by atoms with van der Waals surface area (Å²) in [5, 5.41) is 1.43. The number of allylic oxidation sites excluding steroid dienone is 2. The number of benzene rings is 1. The Morgan fingerprint density at radius 1 is 1.10 bits per heavy atom. The van der Waals surface area contributed by atoms with Gasteiger partial charge in [-0.1, -0.05) is 46.5 Å². The van der Waals surface area contributed by atoms with Crippen LogP contribution in [-0.2, 0) is 9.53 Å². The number of ether oxygens (including phenoxy) is 1. The Morgan fingerprint density at radius 2 is 1.71 bits per heavy atom. The fourth-order valence-corrected chi connectivity index (χ4v) is 5.19. The van der Waals surface area contributed by atoms with Crippen LogP contribution >= 0.6 is 23.2 Å². The largest absolute Gasteiger partial charge is 0.469 e. The molecule has 0 radical (unpaired) electrons. The maximum atomic E-state index is 11.7. The summed E-state index contributed by atoms with van der Waals surface area (Å²) < 4.78 is 4.89. The van der Waals surface area contributed by atoms with Gasteiger partial charge in [0, 0.05) is 25.6 Å². The predicted molar refractivity (Wildman–Crippen MR) is 130 cm³/mol. The maximum Gasteiger partial charge on any atom is 0.308 e. The molecule has 2 aliphatic rings. The molecule has 0 aliphatic carbocycles. The fraction of sp³-hybridized carbons (Fsp3) is 0.560. The highest BCUT2D eigenvalue weighted by atomic mass is 35.5. The molecule has 4 nitrogen and oxygen atoms in total. The fourth-order valence-electron chi connectivity index (χ4n) is 4.55. The third kappa shape index (κ3) is 6.06. The van der Waals surface area contributed by atoms with Crippen LogP contribution in [0.25, 0.3) is 0 Å². The summed E-state index contributed by atoms with van der Waals surface area (Å²) in [6.07, 6.45) is 5.23. The second kappa shape index (κ2) is 10.9. The zero-order valence-electron chi connectivity index (χ0n) is 19.1. The molecule has 2 fully saturated rings. The van der Waals surface area contributed by atoms with Crippen molar-refractivity contribution in [2.75, 3.05) is 44.7 Å². The van der Waals surface area contributed by atoms with Crippen molar-refractivity contribution in [1.82, 2.24) is 4.90 Å². The summed E-state index contributed by atoms with van der Waals surface area (Å²) in [6, 6.07) is 5.68. The standard InChI is InChI=1S/C25H34Cl2N2O2/c1-17(2)21(20-15-29(16-20)24-22(26)6-5-7-23(24)27)14-18(3)8-11-28-12-9-19(10-13-28)25(30)31-4/h5-7,14,19-20H,8-13,15-16H2,1-4H3/b18-14-. The molecule has 3 rings (SSSR count). The molecule has 2 saturated heterocycles. The number of anilines is 1. The molecule has 6 heteroatoms. The molecular weight excluding hydrogens is 431 g/mol. The van der Waals surface area contributed by atoms with Gasteiger partial charge < -0.3 is 14.5 Å². The highest BCUT2D eigenvalue weighted by Crippen LogP contribution is 2.39. The van der Waals surface area contributed by atoms with E-state index in [1.807, 2.05) is 18.2 Å². The zero-order valence-corrected chi connectivity index (χ0v) is 20.6. The van der Waals surface area contributed by atoms with E-state index < -0.39 is 0 Å². The number of likely N-dealkylation sites (tertiary alicyclic amines) is 1. The summed E-state index contributed by atoms with van der Waals surface area (Å²) in [4.78, 5) is 16.4. The number of piperidine rings is 1. The maximum absolute atomic E-state index is 11.7. The topological polar surface area (TPSA) is 32.8 Å². The lowest BCUT2D eigenvalue weighted by Crippen LogP contribution is -2.48. The van der Waals surface area contributed by atoms with Gasteiger partial charge in [-0.3, -0.25) is 4.79 Å². The molecule has 0 saturated carbocycles. The highest BCUT2D eigenvalue weighted by molar-refractivity contribution is 6.39. The Bertz CT molecular complexity index is 827. The van der Waals surface area contributed by atoms with Crippen molar-refractivity contribution in [2.45, 2.75) is 40.0 Å². The second-order valence-corrected chi connectivity index (χ2v) is 9.82. The van der Waals surface area contributed by atoms with Crippen molar-refractivity contribution < 1.29 is 9.53 Å². The summed E-state index contributed by atoms with van der Waals surface area (Å²) in [6.45, 7) is 11.5. The van der Waals surface area contributed by atoms with Gasteiger partial charge in [0.15, 0.2) is 0 Å². The first kappa shape index (κ1) is 24.2. The lowest BCUT2D eigenvalue weighted by Gasteiger charge is -2.43. The van der Waals surface area contributed by atoms with Crippen LogP contribution in [-0.4, -0.2) is 50.7 Å². The van der Waals surface area contributed by atoms with Crippen molar-refractivity contribution >= 4 is 34.9 Å². The Balaban J connectivity index is 1.52. The third-order valence-corrected chi connectivity index (χ3v) is 7.11. The number of carbonyl (C=O) groups excluding carboxylic acids is 1. The first-order chi connectivity index (χ1) is 14.8. The van der Waals surface area contributed by atoms with Crippen LogP contribution in [0.1, 0.15) is 40.0 Å². The molecule has 0 amide bonds. The van der Waals surface area contributed by atoms with Gasteiger partial charge in [-0.15, -0.1) is 0 Å². The number of halogens is 2. The van der Waals surface area contributed by atoms with E-state index in [1.54, 1.807) is 0 Å². The van der Waals surface area contributed by atoms with E-state index in [4.69, 9.17) is 27.9 Å². The van der Waals surface area contributed by atoms with E-state index in [2.05, 4.69) is 36.6 Å². The van der Waals surface area contributed by atoms with Crippen molar-refractivity contribution in [2.24, 2.45) is 11.8 Å². The van der Waals surface area contributed by atoms with Gasteiger partial charge in [-0.2, -0.15) is 0 Å². The van der Waals surface area contributed by atoms with Gasteiger partial charge >= 0.3 is 5.97 Å². The normalized spacial score (nSPS) is 18.6. The number of esters is 1. The van der Waals surface area contributed by atoms with Gasteiger partial charge in [-0.25, -0.2) is 0 Å². The van der Waals surface area contributed by atoms with Gasteiger partial charge in [-0.05, 0) is 70.8 Å². The lowest BCUT2D eigenvalue weighted by atomic mass is 9.86. The van der Waals surface area contributed by atoms with Crippen LogP contribution in [0, 0.1) is 11.8 Å². The van der Waals surface area contributed by atoms with E-state index in [-0.39, 0.29) is 11.9 Å². The molecular formula is C25H34Cl2N2O2. The molecule has 0 atom stereocenters. The number of nitrogens with zero attached hydrogens (tertiary/aromatic N) is 2. The van der Waals surface area contributed by atoms with Crippen LogP contribution in [0.5, 0.6) is 0 Å². The van der Waals surface area contributed by atoms with Crippen LogP contribution in [0.3, 0.4) is 0 Å². The summed E-state index contributed by atoms with van der Waals surface area (Å²) in [5.41, 5.74) is 5.15. The van der Waals surface area contributed by atoms with E-state index in [0.717, 1.165) is 57.7 Å². The average Bonchev–Trinajstić information content (AvgIpc) is 2.72. The van der Waals surface area contributed by atoms with Crippen LogP contribution in [0.15, 0.2) is 41.0 Å². The number of rotatable bonds is 7. The molecule has 2 heterocycles. The average molecular weight is 465 g/mol. The molecule has 0 N–H and O–H groups in total. The molecule has 0 aromatic heterocycles. The number of hydrogen-bond donors (Lipinski definition) is 0. The van der Waals surface area contributed by atoms with E-state index in [9.17, 15) is 4.79 Å². The van der Waals surface area contributed by atoms with Gasteiger partial charge in [0.25, 0.3) is 0 Å². The Labute approximate surface area is 196 Å². The highest BCUT2D eigenvalue weighted by Gasteiger charge is 2.32. The van der Waals surface area contributed by atoms with Gasteiger partial charge in [0.2, 0.25) is 0 Å². The quantitative estimate of drug-likeness (QED) is 0.366. The Morgan fingerprint density at radius 3 is 2.26 bits per heavy atom. The van der Waals surface area contributed by atoms with E-state index in [0.29, 0.717) is 16.0 Å². The minimum atomic E-state index is -0.0588. The molecule has 0 bridgehead atoms. The summed E-state index contributed by atoms with van der Waals surface area (Å²) >= 11 is 12.8. The van der Waals surface area contributed by atoms with Gasteiger partial charge in [0.1, 0.15) is 0 Å². The molecule has 2 aliphatic heterocycles. The third-order valence-electron chi connectivity index (χ3n) is 6.50. The van der Waals surface area contributed by atoms with Crippen LogP contribution < -0.4 is 4.90 Å². The second-order valence-electron chi connectivity index (χ2n) is 9.01. The summed E-state index contributed by atoms with van der Waals surface area (Å²) in [7, 11) is 1.48. The van der Waals surface area contributed by atoms with E-state index in [1.165, 1.54) is 23.8 Å². The predicted octanol–water partition coefficient (Wildman–Crippen LogP) is 5.99. The molecule has 31 heavy (non-hydrogen) atoms. The van der Waals surface area contributed by atoms with Crippen molar-refractivity contribution in [3.05, 3.63) is 51.0 Å². The molecule has 1 aromatic carbocycles. The first-order valence-corrected chi connectivity index (χ1v) is 11.9. The molecule has 0 unspecified atom stereocenters. The van der Waals surface area contributed by atoms with Crippen LogP contribution in [0.2, 0.25) is 10.0 Å². The molecule has 1 aromatic rings.